The number of hydrogen-bond acceptors (Lipinski definition) is 4. The molecular formula is C23H22N4O4. The average Bonchev–Trinajstić information content (AvgIpc) is 3.01. The summed E-state index contributed by atoms with van der Waals surface area (Å²) < 4.78 is 1.98. The lowest BCUT2D eigenvalue weighted by Gasteiger charge is -2.09. The molecule has 31 heavy (non-hydrogen) atoms. The molecule has 0 atom stereocenters. The first kappa shape index (κ1) is 21.5. The number of hydrazone groups is 1. The van der Waals surface area contributed by atoms with Crippen molar-refractivity contribution >= 4 is 29.7 Å². The summed E-state index contributed by atoms with van der Waals surface area (Å²) >= 11 is 0. The van der Waals surface area contributed by atoms with E-state index >= 15 is 0 Å². The largest absolute Gasteiger partial charge is 0.478 e. The van der Waals surface area contributed by atoms with Crippen molar-refractivity contribution in [2.24, 2.45) is 5.10 Å². The molecule has 158 valence electrons. The van der Waals surface area contributed by atoms with Crippen LogP contribution in [0.5, 0.6) is 0 Å². The maximum absolute atomic E-state index is 12.3. The van der Waals surface area contributed by atoms with Gasteiger partial charge in [0.1, 0.15) is 0 Å². The smallest absolute Gasteiger partial charge is 0.335 e. The highest BCUT2D eigenvalue weighted by atomic mass is 16.4. The zero-order valence-electron chi connectivity index (χ0n) is 17.3. The minimum Gasteiger partial charge on any atom is -0.478 e. The summed E-state index contributed by atoms with van der Waals surface area (Å²) in [6.07, 6.45) is 1.56. The van der Waals surface area contributed by atoms with Gasteiger partial charge in [-0.1, -0.05) is 6.07 Å². The Hall–Kier alpha value is -4.20. The summed E-state index contributed by atoms with van der Waals surface area (Å²) in [4.78, 5) is 34.6. The fourth-order valence-electron chi connectivity index (χ4n) is 3.24. The lowest BCUT2D eigenvalue weighted by Crippen LogP contribution is -2.18. The van der Waals surface area contributed by atoms with Crippen molar-refractivity contribution in [3.8, 4) is 5.69 Å². The van der Waals surface area contributed by atoms with Crippen LogP contribution in [-0.4, -0.2) is 33.7 Å². The molecule has 3 rings (SSSR count). The number of amides is 2. The molecule has 1 heterocycles. The van der Waals surface area contributed by atoms with Gasteiger partial charge in [-0.05, 0) is 62.4 Å². The molecule has 0 saturated carbocycles. The number of carboxylic acid groups (broad SMARTS) is 1. The number of carbonyl (C=O) groups is 3. The normalized spacial score (nSPS) is 10.8. The van der Waals surface area contributed by atoms with E-state index in [1.807, 2.05) is 24.5 Å². The Bertz CT molecular complexity index is 1180. The number of aromatic carboxylic acids is 1. The Morgan fingerprint density at radius 1 is 1.00 bits per heavy atom. The van der Waals surface area contributed by atoms with E-state index in [-0.39, 0.29) is 11.5 Å². The van der Waals surface area contributed by atoms with Gasteiger partial charge in [-0.2, -0.15) is 5.10 Å². The summed E-state index contributed by atoms with van der Waals surface area (Å²) in [5.41, 5.74) is 7.08. The highest BCUT2D eigenvalue weighted by molar-refractivity contribution is 5.97. The lowest BCUT2D eigenvalue weighted by molar-refractivity contribution is -0.114. The molecule has 0 spiro atoms. The topological polar surface area (TPSA) is 113 Å². The van der Waals surface area contributed by atoms with Crippen LogP contribution in [0.15, 0.2) is 59.7 Å². The SMILES string of the molecule is CC(=O)Nc1cccc(C(=O)N/N=C\c2cc(C)n(-c3ccc(C(=O)O)cc3)c2C)c1. The summed E-state index contributed by atoms with van der Waals surface area (Å²) in [5, 5.41) is 15.7. The van der Waals surface area contributed by atoms with Crippen molar-refractivity contribution in [2.45, 2.75) is 20.8 Å². The fraction of sp³-hybridized carbons (Fsp3) is 0.130. The van der Waals surface area contributed by atoms with Gasteiger partial charge in [0.15, 0.2) is 0 Å². The number of aryl methyl sites for hydroxylation is 1. The van der Waals surface area contributed by atoms with E-state index in [0.29, 0.717) is 11.3 Å². The molecular weight excluding hydrogens is 396 g/mol. The first-order valence-electron chi connectivity index (χ1n) is 9.50. The quantitative estimate of drug-likeness (QED) is 0.420. The zero-order valence-corrected chi connectivity index (χ0v) is 17.3. The molecule has 8 heteroatoms. The predicted molar refractivity (Wildman–Crippen MR) is 118 cm³/mol. The third kappa shape index (κ3) is 5.05. The van der Waals surface area contributed by atoms with Crippen LogP contribution in [0.25, 0.3) is 5.69 Å². The molecule has 0 radical (unpaired) electrons. The first-order chi connectivity index (χ1) is 14.8. The van der Waals surface area contributed by atoms with E-state index in [1.165, 1.54) is 6.92 Å². The average molecular weight is 418 g/mol. The Labute approximate surface area is 179 Å². The van der Waals surface area contributed by atoms with Gasteiger partial charge in [-0.25, -0.2) is 10.2 Å². The summed E-state index contributed by atoms with van der Waals surface area (Å²) in [7, 11) is 0. The summed E-state index contributed by atoms with van der Waals surface area (Å²) in [6, 6.07) is 15.1. The van der Waals surface area contributed by atoms with Crippen LogP contribution in [0.2, 0.25) is 0 Å². The molecule has 0 saturated heterocycles. The van der Waals surface area contributed by atoms with E-state index in [1.54, 1.807) is 54.7 Å². The molecule has 0 aliphatic heterocycles. The monoisotopic (exact) mass is 418 g/mol. The molecule has 3 aromatic rings. The highest BCUT2D eigenvalue weighted by Gasteiger charge is 2.11. The standard InChI is InChI=1S/C23H22N4O4/c1-14-11-19(15(2)27(14)21-9-7-17(8-10-21)23(30)31)13-24-26-22(29)18-5-4-6-20(12-18)25-16(3)28/h4-13H,1-3H3,(H,25,28)(H,26,29)(H,30,31)/b24-13-. The number of aromatic nitrogens is 1. The molecule has 0 fully saturated rings. The van der Waals surface area contributed by atoms with Crippen molar-refractivity contribution in [1.82, 2.24) is 9.99 Å². The zero-order chi connectivity index (χ0) is 22.5. The fourth-order valence-corrected chi connectivity index (χ4v) is 3.24. The van der Waals surface area contributed by atoms with E-state index in [4.69, 9.17) is 5.11 Å². The predicted octanol–water partition coefficient (Wildman–Crippen LogP) is 3.51. The van der Waals surface area contributed by atoms with Crippen LogP contribution in [0.3, 0.4) is 0 Å². The van der Waals surface area contributed by atoms with Crippen LogP contribution < -0.4 is 10.7 Å². The third-order valence-electron chi connectivity index (χ3n) is 4.66. The number of nitrogens with zero attached hydrogens (tertiary/aromatic N) is 2. The number of carboxylic acids is 1. The third-order valence-corrected chi connectivity index (χ3v) is 4.66. The second-order valence-electron chi connectivity index (χ2n) is 6.98. The van der Waals surface area contributed by atoms with Gasteiger partial charge < -0.3 is 15.0 Å². The van der Waals surface area contributed by atoms with Crippen LogP contribution in [0.1, 0.15) is 44.6 Å². The number of hydrogen-bond donors (Lipinski definition) is 3. The Morgan fingerprint density at radius 3 is 2.35 bits per heavy atom. The summed E-state index contributed by atoms with van der Waals surface area (Å²) in [6.45, 7) is 5.24. The van der Waals surface area contributed by atoms with Gasteiger partial charge in [0.05, 0.1) is 11.8 Å². The minimum absolute atomic E-state index is 0.219. The van der Waals surface area contributed by atoms with E-state index in [0.717, 1.165) is 22.6 Å². The molecule has 1 aromatic heterocycles. The van der Waals surface area contributed by atoms with Crippen LogP contribution in [0.4, 0.5) is 5.69 Å². The molecule has 0 aliphatic carbocycles. The van der Waals surface area contributed by atoms with Crippen molar-refractivity contribution < 1.29 is 19.5 Å². The number of rotatable bonds is 6. The first-order valence-corrected chi connectivity index (χ1v) is 9.50. The van der Waals surface area contributed by atoms with Gasteiger partial charge in [0.2, 0.25) is 5.91 Å². The van der Waals surface area contributed by atoms with E-state index in [2.05, 4.69) is 15.8 Å². The van der Waals surface area contributed by atoms with Crippen molar-refractivity contribution in [3.63, 3.8) is 0 Å². The Kier molecular flexibility index (Phi) is 6.30. The number of carbonyl (C=O) groups excluding carboxylic acids is 2. The Morgan fingerprint density at radius 2 is 1.71 bits per heavy atom. The van der Waals surface area contributed by atoms with Crippen LogP contribution in [0, 0.1) is 13.8 Å². The Balaban J connectivity index is 1.75. The molecule has 0 bridgehead atoms. The minimum atomic E-state index is -0.973. The van der Waals surface area contributed by atoms with E-state index < -0.39 is 11.9 Å². The van der Waals surface area contributed by atoms with Gasteiger partial charge in [-0.3, -0.25) is 9.59 Å². The van der Waals surface area contributed by atoms with Gasteiger partial charge in [-0.15, -0.1) is 0 Å². The lowest BCUT2D eigenvalue weighted by atomic mass is 10.2. The maximum Gasteiger partial charge on any atom is 0.335 e. The van der Waals surface area contributed by atoms with Gasteiger partial charge in [0.25, 0.3) is 5.91 Å². The van der Waals surface area contributed by atoms with Crippen molar-refractivity contribution in [1.29, 1.82) is 0 Å². The molecule has 8 nitrogen and oxygen atoms in total. The van der Waals surface area contributed by atoms with Crippen LogP contribution >= 0.6 is 0 Å². The molecule has 2 aromatic carbocycles. The second kappa shape index (κ2) is 9.08. The molecule has 0 aliphatic rings. The highest BCUT2D eigenvalue weighted by Crippen LogP contribution is 2.20. The van der Waals surface area contributed by atoms with Gasteiger partial charge in [0, 0.05) is 40.8 Å². The van der Waals surface area contributed by atoms with E-state index in [9.17, 15) is 14.4 Å². The number of benzene rings is 2. The van der Waals surface area contributed by atoms with Crippen molar-refractivity contribution in [2.75, 3.05) is 5.32 Å². The molecule has 0 unspecified atom stereocenters. The molecule has 2 amide bonds. The van der Waals surface area contributed by atoms with Crippen molar-refractivity contribution in [3.05, 3.63) is 82.7 Å². The second-order valence-corrected chi connectivity index (χ2v) is 6.98. The van der Waals surface area contributed by atoms with Gasteiger partial charge >= 0.3 is 5.97 Å². The van der Waals surface area contributed by atoms with Crippen LogP contribution in [-0.2, 0) is 4.79 Å². The summed E-state index contributed by atoms with van der Waals surface area (Å²) in [5.74, 6) is -1.59. The number of anilines is 1. The molecule has 3 N–H and O–H groups in total. The number of nitrogens with one attached hydrogen (secondary N) is 2. The maximum atomic E-state index is 12.3.